The lowest BCUT2D eigenvalue weighted by molar-refractivity contribution is -1.26. The summed E-state index contributed by atoms with van der Waals surface area (Å²) in [6.45, 7) is 0. The quantitative estimate of drug-likeness (QED) is 0.441. The van der Waals surface area contributed by atoms with Crippen molar-refractivity contribution in [1.29, 1.82) is 0 Å². The van der Waals surface area contributed by atoms with E-state index >= 15 is 0 Å². The summed E-state index contributed by atoms with van der Waals surface area (Å²) in [7, 11) is 0. The van der Waals surface area contributed by atoms with Crippen LogP contribution >= 0.6 is 0 Å². The van der Waals surface area contributed by atoms with E-state index in [0.29, 0.717) is 0 Å². The zero-order valence-corrected chi connectivity index (χ0v) is 3.44. The van der Waals surface area contributed by atoms with Crippen LogP contribution in [-0.2, 0) is 4.29 Å². The van der Waals surface area contributed by atoms with Crippen molar-refractivity contribution in [2.45, 2.75) is 0 Å². The van der Waals surface area contributed by atoms with Crippen molar-refractivity contribution < 1.29 is 25.1 Å². The number of primary amides is 1. The van der Waals surface area contributed by atoms with Gasteiger partial charge in [0, 0.05) is 0 Å². The molecule has 0 aromatic carbocycles. The van der Waals surface area contributed by atoms with E-state index in [2.05, 4.69) is 10.0 Å². The molecule has 0 bridgehead atoms. The molecule has 0 aliphatic heterocycles. The number of carbonyl (C=O) groups excluding carboxylic acids is 1. The van der Waals surface area contributed by atoms with Crippen molar-refractivity contribution in [3.8, 4) is 0 Å². The molecule has 0 unspecified atom stereocenters. The zero-order valence-electron chi connectivity index (χ0n) is 2.68. The van der Waals surface area contributed by atoms with Crippen LogP contribution in [0.4, 0.5) is 4.79 Å². The lowest BCUT2D eigenvalue weighted by Crippen LogP contribution is -2.16. The second kappa shape index (κ2) is 2.74. The van der Waals surface area contributed by atoms with E-state index in [1.54, 1.807) is 0 Å². The maximum absolute atomic E-state index is 9.36. The van der Waals surface area contributed by atoms with Crippen LogP contribution in [0.1, 0.15) is 0 Å². The molecule has 0 fully saturated rings. The van der Waals surface area contributed by atoms with Crippen LogP contribution in [0.25, 0.3) is 0 Å². The van der Waals surface area contributed by atoms with Crippen molar-refractivity contribution in [3.63, 3.8) is 0 Å². The first-order chi connectivity index (χ1) is 2.77. The van der Waals surface area contributed by atoms with Crippen molar-refractivity contribution in [2.75, 3.05) is 0 Å². The number of halogens is 1. The smallest absolute Gasteiger partial charge is 0.469 e. The minimum absolute atomic E-state index is 0.0710. The maximum atomic E-state index is 9.36. The molecule has 0 aliphatic rings. The minimum Gasteiger partial charge on any atom is -0.495 e. The highest BCUT2D eigenvalue weighted by molar-refractivity contribution is 5.63. The van der Waals surface area contributed by atoms with Crippen LogP contribution in [0.3, 0.4) is 0 Å². The molecule has 36 valence electrons. The van der Waals surface area contributed by atoms with Gasteiger partial charge < -0.3 is 10.4 Å². The predicted octanol–water partition coefficient (Wildman–Crippen LogP) is -1.64. The first-order valence-corrected chi connectivity index (χ1v) is 1.62. The Morgan fingerprint density at radius 1 is 2.00 bits per heavy atom. The third kappa shape index (κ3) is 3.52. The average molecular weight is 111 g/mol. The Balaban J connectivity index is 2.83. The second-order valence-electron chi connectivity index (χ2n) is 0.459. The summed E-state index contributed by atoms with van der Waals surface area (Å²) in [6, 6.07) is 0. The van der Waals surface area contributed by atoms with Gasteiger partial charge in [0.1, 0.15) is 0 Å². The number of amides is 1. The molecule has 2 N–H and O–H groups in total. The van der Waals surface area contributed by atoms with Gasteiger partial charge in [-0.15, -0.1) is 4.29 Å². The zero-order chi connectivity index (χ0) is 4.99. The van der Waals surface area contributed by atoms with Gasteiger partial charge in [0.25, 0.3) is 0 Å². The van der Waals surface area contributed by atoms with Gasteiger partial charge >= 0.3 is 17.4 Å². The molecule has 6 heavy (non-hydrogen) atoms. The summed E-state index contributed by atoms with van der Waals surface area (Å²) in [6.07, 6.45) is -1.08. The number of carbonyl (C=O) groups is 1. The highest BCUT2D eigenvalue weighted by Gasteiger charge is 1.95. The molecule has 0 aromatic heterocycles. The van der Waals surface area contributed by atoms with Crippen LogP contribution in [0, 0.1) is 11.3 Å². The molecule has 0 atom stereocenters. The molecule has 0 saturated carbocycles. The van der Waals surface area contributed by atoms with E-state index in [-0.39, 0.29) is 11.3 Å². The molecule has 1 amide bonds. The average Bonchev–Trinajstić information content (AvgIpc) is 1.35. The molecule has 0 radical (unpaired) electrons. The first kappa shape index (κ1) is 5.52. The van der Waals surface area contributed by atoms with Crippen LogP contribution in [0.15, 0.2) is 0 Å². The van der Waals surface area contributed by atoms with E-state index < -0.39 is 6.09 Å². The molecule has 0 spiro atoms. The summed E-state index contributed by atoms with van der Waals surface area (Å²) < 4.78 is 12.6. The standard InChI is InChI=1S/CH2ClNO3/c3-1(4)6-2-5/h(H2,3,4). The van der Waals surface area contributed by atoms with E-state index in [0.717, 1.165) is 0 Å². The van der Waals surface area contributed by atoms with Crippen molar-refractivity contribution >= 4 is 6.09 Å². The molecule has 0 saturated heterocycles. The van der Waals surface area contributed by atoms with Crippen LogP contribution in [0.5, 0.6) is 0 Å². The molecule has 0 heterocycles. The number of hydrogen-bond donors (Lipinski definition) is 1. The van der Waals surface area contributed by atoms with Gasteiger partial charge in [-0.2, -0.15) is 0 Å². The van der Waals surface area contributed by atoms with Crippen molar-refractivity contribution in [2.24, 2.45) is 5.73 Å². The Hall–Kier alpha value is -0.480. The fourth-order valence-electron chi connectivity index (χ4n) is 0.0310. The highest BCUT2D eigenvalue weighted by atomic mass is 35.6. The van der Waals surface area contributed by atoms with E-state index in [1.165, 1.54) is 0 Å². The van der Waals surface area contributed by atoms with Gasteiger partial charge in [0.2, 0.25) is 0 Å². The topological polar surface area (TPSA) is 75.4 Å². The molecule has 0 rings (SSSR count). The monoisotopic (exact) mass is 111 g/mol. The third-order valence-corrected chi connectivity index (χ3v) is 0.323. The summed E-state index contributed by atoms with van der Waals surface area (Å²) in [4.78, 5) is 9.36. The normalized spacial score (nSPS) is 7.50. The predicted molar refractivity (Wildman–Crippen MR) is 10.7 cm³/mol. The van der Waals surface area contributed by atoms with Crippen LogP contribution < -0.4 is 10.4 Å². The molecular weight excluding hydrogens is 109 g/mol. The van der Waals surface area contributed by atoms with Gasteiger partial charge in [0.05, 0.1) is 0 Å². The highest BCUT2D eigenvalue weighted by Crippen LogP contribution is 1.63. The largest absolute Gasteiger partial charge is 0.495 e. The minimum atomic E-state index is -1.08. The molecule has 4 nitrogen and oxygen atoms in total. The lowest BCUT2D eigenvalue weighted by Gasteiger charge is -1.74. The molecule has 0 aromatic rings. The second-order valence-corrected chi connectivity index (χ2v) is 0.739. The fourth-order valence-corrected chi connectivity index (χ4v) is 0.0931. The number of hydrogen-bond acceptors (Lipinski definition) is 3. The van der Waals surface area contributed by atoms with E-state index in [9.17, 15) is 4.79 Å². The Morgan fingerprint density at radius 2 is 2.50 bits per heavy atom. The van der Waals surface area contributed by atoms with Gasteiger partial charge in [-0.25, -0.2) is 4.79 Å². The van der Waals surface area contributed by atoms with Gasteiger partial charge in [0.15, 0.2) is 0 Å². The molecule has 5 heteroatoms. The number of nitrogens with two attached hydrogens (primary N) is 1. The Morgan fingerprint density at radius 3 is 2.50 bits per heavy atom. The van der Waals surface area contributed by atoms with E-state index in [4.69, 9.17) is 4.66 Å². The summed E-state index contributed by atoms with van der Waals surface area (Å²) in [5, 5.41) is 0. The fraction of sp³-hybridized carbons (Fsp3) is 0. The lowest BCUT2D eigenvalue weighted by atomic mass is 11.3. The van der Waals surface area contributed by atoms with Crippen LogP contribution in [0.2, 0.25) is 0 Å². The summed E-state index contributed by atoms with van der Waals surface area (Å²) in [5.41, 5.74) is 4.31. The summed E-state index contributed by atoms with van der Waals surface area (Å²) in [5.74, 6) is 0. The van der Waals surface area contributed by atoms with Gasteiger partial charge in [-0.3, -0.25) is 0 Å². The Kier molecular flexibility index (Phi) is 2.52. The van der Waals surface area contributed by atoms with Crippen molar-refractivity contribution in [3.05, 3.63) is 0 Å². The first-order valence-electron chi connectivity index (χ1n) is 1.01. The number of rotatable bonds is 1. The van der Waals surface area contributed by atoms with Gasteiger partial charge in [-0.1, -0.05) is 0 Å². The van der Waals surface area contributed by atoms with Crippen LogP contribution in [-0.4, -0.2) is 6.09 Å². The third-order valence-electron chi connectivity index (χ3n) is 0.108. The Labute approximate surface area is 38.0 Å². The molecule has 0 aliphatic carbocycles. The maximum Gasteiger partial charge on any atom is 0.469 e. The van der Waals surface area contributed by atoms with Gasteiger partial charge in [-0.05, 0) is 0 Å². The van der Waals surface area contributed by atoms with E-state index in [1.807, 2.05) is 0 Å². The summed E-state index contributed by atoms with van der Waals surface area (Å²) >= 11 is 0.0710. The Bertz CT molecular complexity index is 54.8. The van der Waals surface area contributed by atoms with Crippen molar-refractivity contribution in [1.82, 2.24) is 0 Å². The molecular formula is CH2ClNO3. The SMILES string of the molecule is NC(=O)O[Cl+][O-].